The number of nitrogens with zero attached hydrogens (tertiary/aromatic N) is 1. The molecule has 9 heteroatoms. The summed E-state index contributed by atoms with van der Waals surface area (Å²) in [6, 6.07) is 12.7. The van der Waals surface area contributed by atoms with Crippen LogP contribution >= 0.6 is 23.4 Å². The van der Waals surface area contributed by atoms with Gasteiger partial charge in [-0.1, -0.05) is 29.8 Å². The summed E-state index contributed by atoms with van der Waals surface area (Å²) in [7, 11) is 0. The van der Waals surface area contributed by atoms with Gasteiger partial charge in [0.1, 0.15) is 11.1 Å². The van der Waals surface area contributed by atoms with Crippen molar-refractivity contribution in [1.29, 1.82) is 0 Å². The first-order valence-electron chi connectivity index (χ1n) is 8.09. The molecule has 2 amide bonds. The van der Waals surface area contributed by atoms with E-state index < -0.39 is 16.9 Å². The van der Waals surface area contributed by atoms with Crippen molar-refractivity contribution >= 4 is 40.9 Å². The molecule has 0 radical (unpaired) electrons. The molecular formula is C18H18ClN3O4S. The molecule has 7 nitrogen and oxygen atoms in total. The van der Waals surface area contributed by atoms with Crippen LogP contribution in [0.4, 0.5) is 5.69 Å². The van der Waals surface area contributed by atoms with Crippen molar-refractivity contribution in [2.24, 2.45) is 0 Å². The number of rotatable bonds is 8. The second-order valence-electron chi connectivity index (χ2n) is 5.57. The molecule has 2 N–H and O–H groups in total. The Hall–Kier alpha value is -2.58. The molecule has 1 atom stereocenters. The van der Waals surface area contributed by atoms with E-state index in [1.54, 1.807) is 18.7 Å². The molecule has 0 aromatic heterocycles. The Morgan fingerprint density at radius 2 is 1.93 bits per heavy atom. The van der Waals surface area contributed by atoms with Gasteiger partial charge in [0.05, 0.1) is 4.92 Å². The molecule has 0 aliphatic rings. The molecular weight excluding hydrogens is 390 g/mol. The number of hydrogen-bond donors (Lipinski definition) is 2. The molecule has 0 fully saturated rings. The fourth-order valence-electron chi connectivity index (χ4n) is 2.15. The molecule has 2 rings (SSSR count). The number of halogens is 1. The van der Waals surface area contributed by atoms with Gasteiger partial charge in [-0.15, -0.1) is 11.8 Å². The smallest absolute Gasteiger partial charge is 0.288 e. The lowest BCUT2D eigenvalue weighted by Crippen LogP contribution is -2.45. The highest BCUT2D eigenvalue weighted by molar-refractivity contribution is 7.99. The lowest BCUT2D eigenvalue weighted by atomic mass is 10.1. The van der Waals surface area contributed by atoms with Gasteiger partial charge in [-0.3, -0.25) is 19.7 Å². The topological polar surface area (TPSA) is 101 Å². The van der Waals surface area contributed by atoms with Crippen LogP contribution in [0.25, 0.3) is 0 Å². The van der Waals surface area contributed by atoms with Crippen LogP contribution in [-0.4, -0.2) is 35.1 Å². The van der Waals surface area contributed by atoms with E-state index in [0.29, 0.717) is 12.3 Å². The predicted molar refractivity (Wildman–Crippen MR) is 105 cm³/mol. The molecule has 0 heterocycles. The zero-order valence-corrected chi connectivity index (χ0v) is 16.0. The molecule has 142 valence electrons. The summed E-state index contributed by atoms with van der Waals surface area (Å²) in [4.78, 5) is 35.6. The van der Waals surface area contributed by atoms with Gasteiger partial charge in [0, 0.05) is 28.8 Å². The van der Waals surface area contributed by atoms with Gasteiger partial charge in [0.15, 0.2) is 0 Å². The van der Waals surface area contributed by atoms with Crippen LogP contribution < -0.4 is 10.6 Å². The van der Waals surface area contributed by atoms with E-state index in [1.807, 2.05) is 30.3 Å². The summed E-state index contributed by atoms with van der Waals surface area (Å²) in [5.74, 6) is -0.226. The quantitative estimate of drug-likeness (QED) is 0.302. The highest BCUT2D eigenvalue weighted by atomic mass is 35.5. The average molecular weight is 408 g/mol. The van der Waals surface area contributed by atoms with Crippen LogP contribution in [0.3, 0.4) is 0 Å². The Morgan fingerprint density at radius 3 is 2.59 bits per heavy atom. The van der Waals surface area contributed by atoms with Crippen LogP contribution in [0.15, 0.2) is 53.4 Å². The van der Waals surface area contributed by atoms with Crippen molar-refractivity contribution in [3.8, 4) is 0 Å². The fraction of sp³-hybridized carbons (Fsp3) is 0.222. The van der Waals surface area contributed by atoms with Gasteiger partial charge < -0.3 is 10.6 Å². The summed E-state index contributed by atoms with van der Waals surface area (Å²) in [6.45, 7) is 1.99. The summed E-state index contributed by atoms with van der Waals surface area (Å²) in [6.07, 6.45) is 0. The number of benzene rings is 2. The van der Waals surface area contributed by atoms with Crippen molar-refractivity contribution < 1.29 is 14.5 Å². The maximum Gasteiger partial charge on any atom is 0.288 e. The lowest BCUT2D eigenvalue weighted by Gasteiger charge is -2.14. The SMILES string of the molecule is C[C@H](NC(=O)c1ccc(Cl)c([N+](=O)[O-])c1)C(=O)NCCSc1ccccc1. The summed E-state index contributed by atoms with van der Waals surface area (Å²) < 4.78 is 0. The number of nitro benzene ring substituents is 1. The third kappa shape index (κ3) is 6.26. The minimum Gasteiger partial charge on any atom is -0.353 e. The molecule has 0 aliphatic carbocycles. The minimum absolute atomic E-state index is 0.0572. The first-order chi connectivity index (χ1) is 12.9. The normalized spacial score (nSPS) is 11.5. The Bertz CT molecular complexity index is 833. The van der Waals surface area contributed by atoms with E-state index in [0.717, 1.165) is 11.0 Å². The number of hydrogen-bond acceptors (Lipinski definition) is 5. The molecule has 2 aromatic rings. The van der Waals surface area contributed by atoms with Gasteiger partial charge >= 0.3 is 0 Å². The maximum absolute atomic E-state index is 12.2. The van der Waals surface area contributed by atoms with E-state index >= 15 is 0 Å². The standard InChI is InChI=1S/C18H18ClN3O4S/c1-12(17(23)20-9-10-27-14-5-3-2-4-6-14)21-18(24)13-7-8-15(19)16(11-13)22(25)26/h2-8,11-12H,9-10H2,1H3,(H,20,23)(H,21,24)/t12-/m0/s1. The fourth-order valence-corrected chi connectivity index (χ4v) is 3.13. The molecule has 27 heavy (non-hydrogen) atoms. The van der Waals surface area contributed by atoms with Crippen LogP contribution in [-0.2, 0) is 4.79 Å². The number of thioether (sulfide) groups is 1. The summed E-state index contributed by atoms with van der Waals surface area (Å²) in [5, 5.41) is 16.1. The Kier molecular flexibility index (Phi) is 7.63. The van der Waals surface area contributed by atoms with Crippen molar-refractivity contribution in [3.63, 3.8) is 0 Å². The zero-order valence-electron chi connectivity index (χ0n) is 14.5. The lowest BCUT2D eigenvalue weighted by molar-refractivity contribution is -0.384. The van der Waals surface area contributed by atoms with Gasteiger partial charge in [0.25, 0.3) is 11.6 Å². The molecule has 2 aromatic carbocycles. The molecule has 0 spiro atoms. The largest absolute Gasteiger partial charge is 0.353 e. The van der Waals surface area contributed by atoms with Gasteiger partial charge in [0.2, 0.25) is 5.91 Å². The molecule has 0 bridgehead atoms. The zero-order chi connectivity index (χ0) is 19.8. The van der Waals surface area contributed by atoms with Gasteiger partial charge in [-0.05, 0) is 31.2 Å². The van der Waals surface area contributed by atoms with E-state index in [9.17, 15) is 19.7 Å². The maximum atomic E-state index is 12.2. The highest BCUT2D eigenvalue weighted by Gasteiger charge is 2.19. The van der Waals surface area contributed by atoms with E-state index in [2.05, 4.69) is 10.6 Å². The first-order valence-corrected chi connectivity index (χ1v) is 9.45. The molecule has 0 saturated carbocycles. The first kappa shape index (κ1) is 20.7. The second-order valence-corrected chi connectivity index (χ2v) is 7.15. The molecule has 0 aliphatic heterocycles. The Balaban J connectivity index is 1.82. The van der Waals surface area contributed by atoms with Crippen molar-refractivity contribution in [3.05, 3.63) is 69.2 Å². The average Bonchev–Trinajstić information content (AvgIpc) is 2.65. The van der Waals surface area contributed by atoms with Crippen LogP contribution in [0.2, 0.25) is 5.02 Å². The number of amides is 2. The van der Waals surface area contributed by atoms with E-state index in [1.165, 1.54) is 12.1 Å². The second kappa shape index (κ2) is 9.94. The van der Waals surface area contributed by atoms with Crippen molar-refractivity contribution in [2.75, 3.05) is 12.3 Å². The summed E-state index contributed by atoms with van der Waals surface area (Å²) in [5.41, 5.74) is -0.301. The van der Waals surface area contributed by atoms with Gasteiger partial charge in [-0.2, -0.15) is 0 Å². The third-order valence-corrected chi connectivity index (χ3v) is 4.89. The Morgan fingerprint density at radius 1 is 1.22 bits per heavy atom. The predicted octanol–water partition coefficient (Wildman–Crippen LogP) is 3.28. The monoisotopic (exact) mass is 407 g/mol. The van der Waals surface area contributed by atoms with Crippen LogP contribution in [0.5, 0.6) is 0 Å². The number of nitro groups is 1. The van der Waals surface area contributed by atoms with E-state index in [-0.39, 0.29) is 22.2 Å². The number of carbonyl (C=O) groups is 2. The molecule has 0 saturated heterocycles. The molecule has 0 unspecified atom stereocenters. The number of carbonyl (C=O) groups excluding carboxylic acids is 2. The van der Waals surface area contributed by atoms with Gasteiger partial charge in [-0.25, -0.2) is 0 Å². The van der Waals surface area contributed by atoms with Crippen LogP contribution in [0.1, 0.15) is 17.3 Å². The van der Waals surface area contributed by atoms with E-state index in [4.69, 9.17) is 11.6 Å². The van der Waals surface area contributed by atoms with Crippen molar-refractivity contribution in [2.45, 2.75) is 17.9 Å². The van der Waals surface area contributed by atoms with Crippen LogP contribution in [0, 0.1) is 10.1 Å². The third-order valence-electron chi connectivity index (χ3n) is 3.56. The Labute approximate surface area is 165 Å². The number of nitrogens with one attached hydrogen (secondary N) is 2. The highest BCUT2D eigenvalue weighted by Crippen LogP contribution is 2.25. The minimum atomic E-state index is -0.783. The summed E-state index contributed by atoms with van der Waals surface area (Å²) >= 11 is 7.34. The van der Waals surface area contributed by atoms with Crippen molar-refractivity contribution in [1.82, 2.24) is 10.6 Å².